The van der Waals surface area contributed by atoms with Crippen LogP contribution in [0.2, 0.25) is 0 Å². The maximum Gasteiger partial charge on any atom is 0.336 e. The molecular weight excluding hydrogens is 408 g/mol. The van der Waals surface area contributed by atoms with E-state index < -0.39 is 18.4 Å². The van der Waals surface area contributed by atoms with Gasteiger partial charge in [-0.2, -0.15) is 0 Å². The quantitative estimate of drug-likeness (QED) is 0.170. The summed E-state index contributed by atoms with van der Waals surface area (Å²) in [6.07, 6.45) is 10.5. The first-order valence-corrected chi connectivity index (χ1v) is 12.4. The van der Waals surface area contributed by atoms with Gasteiger partial charge in [-0.25, -0.2) is 4.79 Å². The number of benzene rings is 1. The third-order valence-corrected chi connectivity index (χ3v) is 5.57. The largest absolute Gasteiger partial charge is 0.508 e. The Hall–Kier alpha value is -1.63. The van der Waals surface area contributed by atoms with E-state index in [9.17, 15) is 15.0 Å². The van der Waals surface area contributed by atoms with Gasteiger partial charge in [-0.3, -0.25) is 0 Å². The van der Waals surface area contributed by atoms with Gasteiger partial charge in [0.25, 0.3) is 0 Å². The van der Waals surface area contributed by atoms with Crippen molar-refractivity contribution in [3.63, 3.8) is 0 Å². The van der Waals surface area contributed by atoms with E-state index in [0.717, 1.165) is 6.42 Å². The molecule has 0 aliphatic carbocycles. The first-order valence-electron chi connectivity index (χ1n) is 12.4. The number of carboxylic acids is 1. The van der Waals surface area contributed by atoms with Crippen molar-refractivity contribution in [3.8, 4) is 5.75 Å². The van der Waals surface area contributed by atoms with Crippen LogP contribution in [0.1, 0.15) is 120 Å². The van der Waals surface area contributed by atoms with Gasteiger partial charge in [0.2, 0.25) is 0 Å². The summed E-state index contributed by atoms with van der Waals surface area (Å²) in [5.74, 6) is -1.03. The first kappa shape index (κ1) is 28.4. The minimum absolute atomic E-state index is 0.0150. The number of phenols is 1. The number of rotatable bonds is 19. The Kier molecular flexibility index (Phi) is 15.0. The maximum atomic E-state index is 11.6. The van der Waals surface area contributed by atoms with Crippen molar-refractivity contribution in [2.24, 2.45) is 0 Å². The van der Waals surface area contributed by atoms with Crippen molar-refractivity contribution in [2.75, 3.05) is 6.61 Å². The second kappa shape index (κ2) is 16.9. The van der Waals surface area contributed by atoms with Gasteiger partial charge < -0.3 is 24.4 Å². The summed E-state index contributed by atoms with van der Waals surface area (Å²) in [6.45, 7) is 8.79. The summed E-state index contributed by atoms with van der Waals surface area (Å²) >= 11 is 0. The molecule has 0 fully saturated rings. The fourth-order valence-electron chi connectivity index (χ4n) is 3.68. The fourth-order valence-corrected chi connectivity index (χ4v) is 3.68. The average molecular weight is 453 g/mol. The lowest BCUT2D eigenvalue weighted by Crippen LogP contribution is -2.28. The van der Waals surface area contributed by atoms with E-state index in [0.29, 0.717) is 31.4 Å². The van der Waals surface area contributed by atoms with Gasteiger partial charge in [-0.15, -0.1) is 0 Å². The minimum atomic E-state index is -1.05. The van der Waals surface area contributed by atoms with E-state index in [4.69, 9.17) is 14.2 Å². The van der Waals surface area contributed by atoms with E-state index in [2.05, 4.69) is 6.92 Å². The van der Waals surface area contributed by atoms with Crippen LogP contribution in [0.4, 0.5) is 0 Å². The van der Waals surface area contributed by atoms with Crippen LogP contribution in [-0.4, -0.2) is 35.4 Å². The molecule has 2 N–H and O–H groups in total. The second-order valence-corrected chi connectivity index (χ2v) is 8.27. The molecule has 0 aromatic heterocycles. The molecule has 6 nitrogen and oxygen atoms in total. The Morgan fingerprint density at radius 3 is 2.03 bits per heavy atom. The normalized spacial score (nSPS) is 14.2. The van der Waals surface area contributed by atoms with Crippen LogP contribution >= 0.6 is 0 Å². The molecule has 184 valence electrons. The number of hydrogen-bond donors (Lipinski definition) is 2. The number of unbranched alkanes of at least 4 members (excludes halogenated alkanes) is 7. The highest BCUT2D eigenvalue weighted by molar-refractivity contribution is 5.89. The van der Waals surface area contributed by atoms with Crippen molar-refractivity contribution < 1.29 is 29.2 Å². The predicted octanol–water partition coefficient (Wildman–Crippen LogP) is 7.20. The third-order valence-electron chi connectivity index (χ3n) is 5.57. The van der Waals surface area contributed by atoms with Crippen molar-refractivity contribution in [2.45, 2.75) is 117 Å². The zero-order valence-electron chi connectivity index (χ0n) is 20.5. The monoisotopic (exact) mass is 452 g/mol. The molecule has 0 spiro atoms. The lowest BCUT2D eigenvalue weighted by molar-refractivity contribution is -0.261. The van der Waals surface area contributed by atoms with Gasteiger partial charge in [0.15, 0.2) is 12.6 Å². The summed E-state index contributed by atoms with van der Waals surface area (Å²) < 4.78 is 18.1. The Morgan fingerprint density at radius 1 is 0.844 bits per heavy atom. The number of phenolic OH excluding ortho intramolecular Hbond substituents is 1. The minimum Gasteiger partial charge on any atom is -0.508 e. The van der Waals surface area contributed by atoms with Gasteiger partial charge in [-0.05, 0) is 49.4 Å². The number of hydrogen-bond acceptors (Lipinski definition) is 5. The zero-order valence-corrected chi connectivity index (χ0v) is 20.5. The molecular formula is C26H44O6. The summed E-state index contributed by atoms with van der Waals surface area (Å²) in [4.78, 5) is 11.6. The highest BCUT2D eigenvalue weighted by Crippen LogP contribution is 2.30. The Bertz CT molecular complexity index is 633. The lowest BCUT2D eigenvalue weighted by Gasteiger charge is -2.28. The zero-order chi connectivity index (χ0) is 23.8. The maximum absolute atomic E-state index is 11.6. The standard InChI is InChI=1S/C26H44O6/c1-5-9-10-11-12-13-14-15-18-30-24(7-3)32-25(8-4)31-23(6-2)22-19-20(27)16-17-21(22)26(28)29/h16-17,19,23-25,27H,5-15,18H2,1-4H3,(H,28,29). The molecule has 0 aliphatic rings. The molecule has 1 aromatic carbocycles. The highest BCUT2D eigenvalue weighted by atomic mass is 16.8. The van der Waals surface area contributed by atoms with E-state index >= 15 is 0 Å². The molecule has 0 heterocycles. The number of aromatic carboxylic acids is 1. The Morgan fingerprint density at radius 2 is 1.47 bits per heavy atom. The van der Waals surface area contributed by atoms with Gasteiger partial charge in [0.05, 0.1) is 11.7 Å². The van der Waals surface area contributed by atoms with E-state index in [1.807, 2.05) is 20.8 Å². The second-order valence-electron chi connectivity index (χ2n) is 8.27. The van der Waals surface area contributed by atoms with E-state index in [1.165, 1.54) is 63.1 Å². The predicted molar refractivity (Wildman–Crippen MR) is 127 cm³/mol. The molecule has 0 aliphatic heterocycles. The van der Waals surface area contributed by atoms with Gasteiger partial charge >= 0.3 is 5.97 Å². The number of ether oxygens (including phenoxy) is 3. The van der Waals surface area contributed by atoms with Crippen LogP contribution in [0.3, 0.4) is 0 Å². The summed E-state index contributed by atoms with van der Waals surface area (Å²) in [5, 5.41) is 19.4. The molecule has 6 heteroatoms. The van der Waals surface area contributed by atoms with Crippen LogP contribution in [0.5, 0.6) is 5.75 Å². The number of carboxylic acid groups (broad SMARTS) is 1. The molecule has 32 heavy (non-hydrogen) atoms. The highest BCUT2D eigenvalue weighted by Gasteiger charge is 2.24. The summed E-state index contributed by atoms with van der Waals surface area (Å²) in [6, 6.07) is 4.24. The number of carbonyl (C=O) groups is 1. The van der Waals surface area contributed by atoms with Gasteiger partial charge in [0, 0.05) is 6.61 Å². The van der Waals surface area contributed by atoms with Crippen molar-refractivity contribution in [1.29, 1.82) is 0 Å². The lowest BCUT2D eigenvalue weighted by atomic mass is 10.00. The SMILES string of the molecule is CCCCCCCCCCOC(CC)OC(CC)OC(CC)c1cc(O)ccc1C(=O)O. The summed E-state index contributed by atoms with van der Waals surface area (Å²) in [7, 11) is 0. The molecule has 1 rings (SSSR count). The van der Waals surface area contributed by atoms with Crippen LogP contribution < -0.4 is 0 Å². The van der Waals surface area contributed by atoms with Gasteiger partial charge in [0.1, 0.15) is 5.75 Å². The molecule has 3 atom stereocenters. The van der Waals surface area contributed by atoms with Gasteiger partial charge in [-0.1, -0.05) is 72.6 Å². The molecule has 0 bridgehead atoms. The molecule has 0 amide bonds. The van der Waals surface area contributed by atoms with Crippen molar-refractivity contribution >= 4 is 5.97 Å². The fraction of sp³-hybridized carbons (Fsp3) is 0.731. The van der Waals surface area contributed by atoms with Crippen molar-refractivity contribution in [1.82, 2.24) is 0 Å². The van der Waals surface area contributed by atoms with E-state index in [-0.39, 0.29) is 17.6 Å². The average Bonchev–Trinajstić information content (AvgIpc) is 2.79. The Labute approximate surface area is 194 Å². The third kappa shape index (κ3) is 10.8. The number of aromatic hydroxyl groups is 1. The molecule has 0 radical (unpaired) electrons. The Balaban J connectivity index is 2.52. The molecule has 1 aromatic rings. The van der Waals surface area contributed by atoms with E-state index in [1.54, 1.807) is 0 Å². The molecule has 0 saturated carbocycles. The van der Waals surface area contributed by atoms with Crippen molar-refractivity contribution in [3.05, 3.63) is 29.3 Å². The van der Waals surface area contributed by atoms with Crippen LogP contribution in [0.25, 0.3) is 0 Å². The van der Waals surface area contributed by atoms with Crippen LogP contribution in [0.15, 0.2) is 18.2 Å². The van der Waals surface area contributed by atoms with Crippen LogP contribution in [-0.2, 0) is 14.2 Å². The topological polar surface area (TPSA) is 85.2 Å². The first-order chi connectivity index (χ1) is 15.5. The molecule has 0 saturated heterocycles. The smallest absolute Gasteiger partial charge is 0.336 e. The molecule has 3 unspecified atom stereocenters. The summed E-state index contributed by atoms with van der Waals surface area (Å²) in [5.41, 5.74) is 0.581. The van der Waals surface area contributed by atoms with Crippen LogP contribution in [0, 0.1) is 0 Å².